The minimum absolute atomic E-state index is 0.0336. The summed E-state index contributed by atoms with van der Waals surface area (Å²) in [7, 11) is -16.4. The number of imidazole rings is 1. The van der Waals surface area contributed by atoms with Crippen molar-refractivity contribution in [1.29, 1.82) is 0 Å². The minimum Gasteiger partial charge on any atom is -0.386 e. The van der Waals surface area contributed by atoms with Gasteiger partial charge in [0.25, 0.3) is 0 Å². The molecule has 1 saturated heterocycles. The predicted molar refractivity (Wildman–Crippen MR) is 242 cm³/mol. The SMILES string of the molecule is CCCCC(C)CCCCCCCCCCC(=O)SCCNC(=O)CCNC(=O)C(O)C(C)(C)COP(=O)(O)OP(=O)(O)OCC1OC(n2cnc3c(N)ncnc32)C(O)C1OP(=O)(O)O. The van der Waals surface area contributed by atoms with Crippen LogP contribution in [0.1, 0.15) is 124 Å². The molecule has 0 aliphatic carbocycles. The van der Waals surface area contributed by atoms with Gasteiger partial charge in [0.1, 0.15) is 36.3 Å². The fourth-order valence-electron chi connectivity index (χ4n) is 6.89. The van der Waals surface area contributed by atoms with Crippen LogP contribution in [0.25, 0.3) is 11.2 Å². The number of phosphoric ester groups is 3. The van der Waals surface area contributed by atoms with E-state index in [4.69, 9.17) is 19.5 Å². The fraction of sp³-hybridized carbons (Fsp3) is 0.789. The van der Waals surface area contributed by atoms with Crippen molar-refractivity contribution in [3.8, 4) is 0 Å². The number of anilines is 1. The number of thioether (sulfide) groups is 1. The summed E-state index contributed by atoms with van der Waals surface area (Å²) in [5, 5.41) is 26.7. The molecule has 2 aromatic heterocycles. The van der Waals surface area contributed by atoms with E-state index in [1.54, 1.807) is 0 Å². The van der Waals surface area contributed by atoms with E-state index < -0.39 is 84.6 Å². The molecule has 0 spiro atoms. The Kier molecular flexibility index (Phi) is 24.3. The number of nitrogens with two attached hydrogens (primary N) is 1. The Morgan fingerprint density at radius 2 is 1.55 bits per heavy atom. The molecule has 2 amide bonds. The second kappa shape index (κ2) is 27.7. The van der Waals surface area contributed by atoms with Crippen LogP contribution < -0.4 is 16.4 Å². The Hall–Kier alpha value is -2.44. The molecule has 10 N–H and O–H groups in total. The number of carbonyl (C=O) groups is 3. The number of nitrogens with one attached hydrogen (secondary N) is 2. The molecule has 3 rings (SSSR count). The number of nitrogen functional groups attached to an aromatic ring is 1. The molecule has 0 radical (unpaired) electrons. The molecule has 8 atom stereocenters. The number of amides is 2. The molecule has 1 aliphatic rings. The summed E-state index contributed by atoms with van der Waals surface area (Å²) in [6.45, 7) is 5.16. The first-order valence-electron chi connectivity index (χ1n) is 22.0. The van der Waals surface area contributed by atoms with Crippen LogP contribution in [0.15, 0.2) is 12.7 Å². The van der Waals surface area contributed by atoms with Crippen molar-refractivity contribution in [2.24, 2.45) is 11.3 Å². The largest absolute Gasteiger partial charge is 0.481 e. The van der Waals surface area contributed by atoms with Gasteiger partial charge in [-0.25, -0.2) is 28.6 Å². The summed E-state index contributed by atoms with van der Waals surface area (Å²) in [6, 6.07) is 0. The highest BCUT2D eigenvalue weighted by Crippen LogP contribution is 2.61. The molecule has 378 valence electrons. The van der Waals surface area contributed by atoms with E-state index in [9.17, 15) is 57.9 Å². The molecule has 66 heavy (non-hydrogen) atoms. The number of rotatable bonds is 33. The van der Waals surface area contributed by atoms with Crippen molar-refractivity contribution in [2.75, 3.05) is 37.8 Å². The van der Waals surface area contributed by atoms with Crippen molar-refractivity contribution >= 4 is 69.1 Å². The molecule has 0 bridgehead atoms. The molecule has 1 fully saturated rings. The lowest BCUT2D eigenvalue weighted by Crippen LogP contribution is -2.46. The normalized spacial score (nSPS) is 20.7. The van der Waals surface area contributed by atoms with E-state index in [0.717, 1.165) is 54.2 Å². The van der Waals surface area contributed by atoms with Crippen LogP contribution in [-0.2, 0) is 50.7 Å². The number of hydrogen-bond donors (Lipinski definition) is 9. The third-order valence-corrected chi connectivity index (χ3v) is 14.7. The topological polar surface area (TPSA) is 364 Å². The Balaban J connectivity index is 1.32. The first-order valence-corrected chi connectivity index (χ1v) is 27.5. The lowest BCUT2D eigenvalue weighted by molar-refractivity contribution is -0.137. The van der Waals surface area contributed by atoms with Gasteiger partial charge in [-0.05, 0) is 12.3 Å². The van der Waals surface area contributed by atoms with Crippen LogP contribution in [0, 0.1) is 11.3 Å². The Morgan fingerprint density at radius 1 is 0.909 bits per heavy atom. The number of ether oxygens (including phenoxy) is 1. The first kappa shape index (κ1) is 57.9. The zero-order valence-electron chi connectivity index (χ0n) is 37.8. The highest BCUT2D eigenvalue weighted by molar-refractivity contribution is 8.13. The third-order valence-electron chi connectivity index (χ3n) is 10.6. The number of aliphatic hydroxyl groups is 2. The van der Waals surface area contributed by atoms with E-state index >= 15 is 0 Å². The zero-order chi connectivity index (χ0) is 49.1. The molecule has 28 heteroatoms. The van der Waals surface area contributed by atoms with E-state index in [0.29, 0.717) is 12.2 Å². The Labute approximate surface area is 388 Å². The molecule has 0 saturated carbocycles. The minimum atomic E-state index is -5.57. The van der Waals surface area contributed by atoms with Crippen molar-refractivity contribution in [2.45, 2.75) is 148 Å². The van der Waals surface area contributed by atoms with Gasteiger partial charge in [0.05, 0.1) is 19.5 Å². The van der Waals surface area contributed by atoms with Gasteiger partial charge >= 0.3 is 23.5 Å². The van der Waals surface area contributed by atoms with Gasteiger partial charge < -0.3 is 50.9 Å². The number of aliphatic hydroxyl groups excluding tert-OH is 2. The van der Waals surface area contributed by atoms with Crippen LogP contribution in [0.2, 0.25) is 0 Å². The quantitative estimate of drug-likeness (QED) is 0.0353. The maximum Gasteiger partial charge on any atom is 0.481 e. The van der Waals surface area contributed by atoms with Crippen molar-refractivity contribution in [1.82, 2.24) is 30.2 Å². The van der Waals surface area contributed by atoms with Gasteiger partial charge in [-0.2, -0.15) is 4.31 Å². The van der Waals surface area contributed by atoms with Crippen molar-refractivity contribution in [3.05, 3.63) is 12.7 Å². The first-order chi connectivity index (χ1) is 30.9. The molecule has 2 aromatic rings. The van der Waals surface area contributed by atoms with E-state index in [-0.39, 0.29) is 41.6 Å². The molecular weight excluding hydrogens is 951 g/mol. The second-order valence-corrected chi connectivity index (χ2v) is 22.3. The summed E-state index contributed by atoms with van der Waals surface area (Å²) in [6.07, 6.45) is 8.08. The average Bonchev–Trinajstić information content (AvgIpc) is 3.80. The monoisotopic (exact) mass is 1020 g/mol. The fourth-order valence-corrected chi connectivity index (χ4v) is 10.4. The summed E-state index contributed by atoms with van der Waals surface area (Å²) in [5.74, 6) is -0.197. The standard InChI is InChI=1S/C38H68N7O17P3S/c1-5-6-15-26(2)16-13-11-9-7-8-10-12-14-17-29(47)66-21-20-40-28(46)18-19-41-36(50)33(49)38(3,4)23-59-65(56,57)62-64(54,55)58-22-27-32(61-63(51,52)53)31(48)37(60-27)45-25-44-30-34(39)42-24-43-35(30)45/h24-27,31-33,37,48-49H,5-23H2,1-4H3,(H,40,46)(H,41,50)(H,54,55)(H,56,57)(H2,39,42,43)(H2,51,52,53). The number of hydrogen-bond acceptors (Lipinski definition) is 18. The maximum atomic E-state index is 12.7. The highest BCUT2D eigenvalue weighted by atomic mass is 32.2. The number of phosphoric acid groups is 3. The molecule has 1 aliphatic heterocycles. The van der Waals surface area contributed by atoms with Gasteiger partial charge in [0.2, 0.25) is 11.8 Å². The van der Waals surface area contributed by atoms with Crippen molar-refractivity contribution in [3.63, 3.8) is 0 Å². The van der Waals surface area contributed by atoms with Crippen LogP contribution in [0.3, 0.4) is 0 Å². The van der Waals surface area contributed by atoms with E-state index in [2.05, 4.69) is 48.3 Å². The van der Waals surface area contributed by atoms with Gasteiger partial charge in [0, 0.05) is 37.1 Å². The average molecular weight is 1020 g/mol. The smallest absolute Gasteiger partial charge is 0.386 e. The van der Waals surface area contributed by atoms with Gasteiger partial charge in [-0.15, -0.1) is 0 Å². The van der Waals surface area contributed by atoms with Crippen LogP contribution in [-0.4, -0.2) is 123 Å². The zero-order valence-corrected chi connectivity index (χ0v) is 41.3. The Bertz CT molecular complexity index is 2000. The Morgan fingerprint density at radius 3 is 2.21 bits per heavy atom. The van der Waals surface area contributed by atoms with Crippen LogP contribution in [0.5, 0.6) is 0 Å². The summed E-state index contributed by atoms with van der Waals surface area (Å²) < 4.78 is 62.4. The summed E-state index contributed by atoms with van der Waals surface area (Å²) >= 11 is 1.15. The van der Waals surface area contributed by atoms with Crippen molar-refractivity contribution < 1.29 is 80.5 Å². The number of fused-ring (bicyclic) bond motifs is 1. The van der Waals surface area contributed by atoms with Gasteiger partial charge in [-0.3, -0.25) is 32.5 Å². The maximum absolute atomic E-state index is 12.7. The van der Waals surface area contributed by atoms with Gasteiger partial charge in [0.15, 0.2) is 22.8 Å². The molecule has 8 unspecified atom stereocenters. The molecule has 24 nitrogen and oxygen atoms in total. The number of nitrogens with zero attached hydrogens (tertiary/aromatic N) is 4. The number of unbranched alkanes of at least 4 members (excludes halogenated alkanes) is 8. The molecule has 3 heterocycles. The lowest BCUT2D eigenvalue weighted by atomic mass is 9.87. The number of aromatic nitrogens is 4. The molecule has 0 aromatic carbocycles. The molecular formula is C38H68N7O17P3S. The summed E-state index contributed by atoms with van der Waals surface area (Å²) in [5.41, 5.74) is 4.29. The van der Waals surface area contributed by atoms with E-state index in [1.165, 1.54) is 71.6 Å². The predicted octanol–water partition coefficient (Wildman–Crippen LogP) is 4.39. The van der Waals surface area contributed by atoms with Gasteiger partial charge in [-0.1, -0.05) is 110 Å². The second-order valence-electron chi connectivity index (χ2n) is 16.9. The summed E-state index contributed by atoms with van der Waals surface area (Å²) in [4.78, 5) is 88.3. The van der Waals surface area contributed by atoms with Crippen LogP contribution in [0.4, 0.5) is 5.82 Å². The third kappa shape index (κ3) is 20.7. The van der Waals surface area contributed by atoms with Crippen LogP contribution >= 0.6 is 35.2 Å². The lowest BCUT2D eigenvalue weighted by Gasteiger charge is -2.30. The highest BCUT2D eigenvalue weighted by Gasteiger charge is 2.50. The number of carbonyl (C=O) groups excluding carboxylic acids is 3. The van der Waals surface area contributed by atoms with E-state index in [1.807, 2.05) is 0 Å².